The lowest BCUT2D eigenvalue weighted by molar-refractivity contribution is -0.113. The van der Waals surface area contributed by atoms with Crippen LogP contribution in [0.4, 0.5) is 5.69 Å². The van der Waals surface area contributed by atoms with Crippen LogP contribution in [0.1, 0.15) is 37.3 Å². The Kier molecular flexibility index (Phi) is 5.30. The van der Waals surface area contributed by atoms with Crippen molar-refractivity contribution in [2.75, 3.05) is 17.6 Å². The maximum atomic E-state index is 12.1. The third-order valence-corrected chi connectivity index (χ3v) is 4.60. The molecule has 2 aromatic rings. The minimum Gasteiger partial charge on any atom is -0.414 e. The Bertz CT molecular complexity index is 668. The van der Waals surface area contributed by atoms with E-state index < -0.39 is 0 Å². The Morgan fingerprint density at radius 2 is 2.30 bits per heavy atom. The van der Waals surface area contributed by atoms with Crippen molar-refractivity contribution in [2.24, 2.45) is 0 Å². The molecule has 1 atom stereocenters. The summed E-state index contributed by atoms with van der Waals surface area (Å²) in [7, 11) is 0. The van der Waals surface area contributed by atoms with Crippen molar-refractivity contribution in [2.45, 2.75) is 37.5 Å². The lowest BCUT2D eigenvalue weighted by Gasteiger charge is -2.08. The number of carbonyl (C=O) groups is 1. The van der Waals surface area contributed by atoms with Crippen molar-refractivity contribution in [1.82, 2.24) is 15.5 Å². The lowest BCUT2D eigenvalue weighted by Crippen LogP contribution is -2.15. The number of amides is 1. The zero-order valence-corrected chi connectivity index (χ0v) is 13.9. The van der Waals surface area contributed by atoms with Crippen LogP contribution in [0.3, 0.4) is 0 Å². The quantitative estimate of drug-likeness (QED) is 0.792. The van der Waals surface area contributed by atoms with Gasteiger partial charge in [0.2, 0.25) is 11.8 Å². The molecule has 23 heavy (non-hydrogen) atoms. The van der Waals surface area contributed by atoms with Crippen molar-refractivity contribution >= 4 is 23.4 Å². The first kappa shape index (κ1) is 16.0. The molecular weight excluding hydrogens is 312 g/mol. The summed E-state index contributed by atoms with van der Waals surface area (Å²) in [5.74, 6) is 0.786. The summed E-state index contributed by atoms with van der Waals surface area (Å²) in [5, 5.41) is 14.7. The predicted molar refractivity (Wildman–Crippen MR) is 89.4 cm³/mol. The van der Waals surface area contributed by atoms with Crippen molar-refractivity contribution in [3.63, 3.8) is 0 Å². The molecule has 0 bridgehead atoms. The van der Waals surface area contributed by atoms with Gasteiger partial charge in [0.1, 0.15) is 0 Å². The van der Waals surface area contributed by atoms with Crippen LogP contribution < -0.4 is 10.6 Å². The molecule has 0 radical (unpaired) electrons. The van der Waals surface area contributed by atoms with E-state index in [9.17, 15) is 4.79 Å². The van der Waals surface area contributed by atoms with Crippen LogP contribution in [0.25, 0.3) is 0 Å². The lowest BCUT2D eigenvalue weighted by atomic mass is 10.1. The van der Waals surface area contributed by atoms with Crippen molar-refractivity contribution in [1.29, 1.82) is 0 Å². The molecule has 1 amide bonds. The van der Waals surface area contributed by atoms with E-state index in [1.54, 1.807) is 0 Å². The number of nitrogens with one attached hydrogen (secondary N) is 2. The van der Waals surface area contributed by atoms with Crippen LogP contribution >= 0.6 is 11.8 Å². The van der Waals surface area contributed by atoms with Gasteiger partial charge in [0.15, 0.2) is 0 Å². The first-order valence-corrected chi connectivity index (χ1v) is 8.82. The minimum absolute atomic E-state index is 0.0744. The van der Waals surface area contributed by atoms with Crippen LogP contribution in [0, 0.1) is 0 Å². The molecule has 1 aromatic carbocycles. The fraction of sp³-hybridized carbons (Fsp3) is 0.438. The molecule has 122 valence electrons. The summed E-state index contributed by atoms with van der Waals surface area (Å²) in [4.78, 5) is 12.1. The smallest absolute Gasteiger partial charge is 0.277 e. The number of hydrogen-bond acceptors (Lipinski definition) is 6. The molecule has 1 aromatic heterocycles. The Labute approximate surface area is 139 Å². The largest absolute Gasteiger partial charge is 0.414 e. The number of rotatable bonds is 6. The summed E-state index contributed by atoms with van der Waals surface area (Å²) in [5.41, 5.74) is 1.99. The van der Waals surface area contributed by atoms with Gasteiger partial charge in [-0.05, 0) is 37.4 Å². The van der Waals surface area contributed by atoms with Crippen molar-refractivity contribution in [3.8, 4) is 0 Å². The Hall–Kier alpha value is -1.86. The number of anilines is 1. The topological polar surface area (TPSA) is 80.0 Å². The highest BCUT2D eigenvalue weighted by molar-refractivity contribution is 7.99. The Balaban J connectivity index is 1.52. The van der Waals surface area contributed by atoms with Gasteiger partial charge in [-0.1, -0.05) is 36.9 Å². The van der Waals surface area contributed by atoms with E-state index in [1.165, 1.54) is 11.8 Å². The molecule has 1 fully saturated rings. The molecule has 0 saturated carbocycles. The van der Waals surface area contributed by atoms with Crippen LogP contribution in [0.2, 0.25) is 0 Å². The van der Waals surface area contributed by atoms with Gasteiger partial charge in [0.05, 0.1) is 11.8 Å². The molecule has 0 aliphatic carbocycles. The average molecular weight is 332 g/mol. The molecule has 6 nitrogen and oxygen atoms in total. The summed E-state index contributed by atoms with van der Waals surface area (Å²) in [6.45, 7) is 3.05. The van der Waals surface area contributed by atoms with Gasteiger partial charge in [0.25, 0.3) is 5.22 Å². The molecule has 1 saturated heterocycles. The summed E-state index contributed by atoms with van der Waals surface area (Å²) >= 11 is 1.26. The third-order valence-electron chi connectivity index (χ3n) is 3.78. The van der Waals surface area contributed by atoms with E-state index in [4.69, 9.17) is 4.42 Å². The standard InChI is InChI=1S/C16H20N4O2S/c1-2-11-6-3-4-7-12(11)18-14(21)10-23-16-20-19-15(22-16)13-8-5-9-17-13/h3-4,6-7,13,17H,2,5,8-10H2,1H3,(H,18,21). The van der Waals surface area contributed by atoms with Gasteiger partial charge >= 0.3 is 0 Å². The van der Waals surface area contributed by atoms with E-state index in [1.807, 2.05) is 24.3 Å². The maximum absolute atomic E-state index is 12.1. The summed E-state index contributed by atoms with van der Waals surface area (Å²) in [6, 6.07) is 7.97. The van der Waals surface area contributed by atoms with E-state index >= 15 is 0 Å². The number of para-hydroxylation sites is 1. The fourth-order valence-electron chi connectivity index (χ4n) is 2.58. The fourth-order valence-corrected chi connectivity index (χ4v) is 3.15. The van der Waals surface area contributed by atoms with Gasteiger partial charge in [-0.15, -0.1) is 10.2 Å². The number of nitrogens with zero attached hydrogens (tertiary/aromatic N) is 2. The normalized spacial score (nSPS) is 17.3. The first-order chi connectivity index (χ1) is 11.3. The van der Waals surface area contributed by atoms with Gasteiger partial charge in [-0.2, -0.15) is 0 Å². The predicted octanol–water partition coefficient (Wildman–Crippen LogP) is 2.79. The van der Waals surface area contributed by atoms with Gasteiger partial charge < -0.3 is 15.1 Å². The van der Waals surface area contributed by atoms with Crippen LogP contribution in [-0.4, -0.2) is 28.4 Å². The van der Waals surface area contributed by atoms with E-state index in [-0.39, 0.29) is 17.7 Å². The van der Waals surface area contributed by atoms with Crippen LogP contribution in [0.15, 0.2) is 33.9 Å². The SMILES string of the molecule is CCc1ccccc1NC(=O)CSc1nnc(C2CCCN2)o1. The van der Waals surface area contributed by atoms with E-state index in [0.717, 1.165) is 37.1 Å². The van der Waals surface area contributed by atoms with Gasteiger partial charge in [-0.25, -0.2) is 0 Å². The molecule has 0 spiro atoms. The van der Waals surface area contributed by atoms with Gasteiger partial charge in [-0.3, -0.25) is 4.79 Å². The molecule has 1 aliphatic heterocycles. The average Bonchev–Trinajstić information content (AvgIpc) is 3.24. The summed E-state index contributed by atoms with van der Waals surface area (Å²) in [6.07, 6.45) is 3.01. The van der Waals surface area contributed by atoms with Crippen LogP contribution in [0.5, 0.6) is 0 Å². The summed E-state index contributed by atoms with van der Waals surface area (Å²) < 4.78 is 5.61. The molecule has 1 aliphatic rings. The Morgan fingerprint density at radius 3 is 3.09 bits per heavy atom. The number of benzene rings is 1. The molecule has 2 heterocycles. The second-order valence-corrected chi connectivity index (χ2v) is 6.33. The first-order valence-electron chi connectivity index (χ1n) is 7.83. The minimum atomic E-state index is -0.0744. The number of hydrogen-bond donors (Lipinski definition) is 2. The van der Waals surface area contributed by atoms with Crippen molar-refractivity contribution in [3.05, 3.63) is 35.7 Å². The molecular formula is C16H20N4O2S. The number of aromatic nitrogens is 2. The zero-order valence-electron chi connectivity index (χ0n) is 13.0. The number of carbonyl (C=O) groups excluding carboxylic acids is 1. The third kappa shape index (κ3) is 4.11. The highest BCUT2D eigenvalue weighted by Gasteiger charge is 2.22. The van der Waals surface area contributed by atoms with E-state index in [0.29, 0.717) is 11.1 Å². The second-order valence-electron chi connectivity index (χ2n) is 5.40. The highest BCUT2D eigenvalue weighted by atomic mass is 32.2. The highest BCUT2D eigenvalue weighted by Crippen LogP contribution is 2.25. The molecule has 2 N–H and O–H groups in total. The number of thioether (sulfide) groups is 1. The zero-order chi connectivity index (χ0) is 16.1. The number of aryl methyl sites for hydroxylation is 1. The van der Waals surface area contributed by atoms with Crippen molar-refractivity contribution < 1.29 is 9.21 Å². The molecule has 1 unspecified atom stereocenters. The molecule has 7 heteroatoms. The van der Waals surface area contributed by atoms with Gasteiger partial charge in [0, 0.05) is 5.69 Å². The Morgan fingerprint density at radius 1 is 1.43 bits per heavy atom. The second kappa shape index (κ2) is 7.61. The monoisotopic (exact) mass is 332 g/mol. The van der Waals surface area contributed by atoms with E-state index in [2.05, 4.69) is 27.8 Å². The van der Waals surface area contributed by atoms with Crippen LogP contribution in [-0.2, 0) is 11.2 Å². The maximum Gasteiger partial charge on any atom is 0.277 e. The molecule has 3 rings (SSSR count).